The van der Waals surface area contributed by atoms with Gasteiger partial charge in [0.2, 0.25) is 0 Å². The lowest BCUT2D eigenvalue weighted by atomic mass is 10.3. The third kappa shape index (κ3) is 3.19. The molecular weight excluding hydrogens is 180 g/mol. The molecule has 0 aliphatic rings. The molecule has 0 aliphatic carbocycles. The maximum Gasteiger partial charge on any atom is 0.183 e. The van der Waals surface area contributed by atoms with Crippen LogP contribution in [0.5, 0.6) is 0 Å². The second-order valence-electron chi connectivity index (χ2n) is 3.32. The Morgan fingerprint density at radius 3 is 2.62 bits per heavy atom. The first-order valence-corrected chi connectivity index (χ1v) is 5.22. The average Bonchev–Trinajstić information content (AvgIpc) is 2.30. The van der Waals surface area contributed by atoms with Crippen molar-refractivity contribution in [3.05, 3.63) is 22.2 Å². The largest absolute Gasteiger partial charge is 0.358 e. The van der Waals surface area contributed by atoms with Gasteiger partial charge in [0, 0.05) is 11.4 Å². The Hall–Kier alpha value is -0.830. The summed E-state index contributed by atoms with van der Waals surface area (Å²) in [5.74, 6) is 0. The summed E-state index contributed by atoms with van der Waals surface area (Å²) in [6.07, 6.45) is 2.16. The van der Waals surface area contributed by atoms with E-state index in [1.165, 1.54) is 10.5 Å². The zero-order chi connectivity index (χ0) is 9.84. The quantitative estimate of drug-likeness (QED) is 0.751. The molecule has 2 nitrogen and oxygen atoms in total. The molecule has 0 saturated carbocycles. The number of allylic oxidation sites excluding steroid dienone is 1. The van der Waals surface area contributed by atoms with Gasteiger partial charge in [-0.1, -0.05) is 11.6 Å². The molecule has 0 bridgehead atoms. The zero-order valence-electron chi connectivity index (χ0n) is 8.64. The molecule has 1 aromatic rings. The van der Waals surface area contributed by atoms with Gasteiger partial charge in [-0.25, -0.2) is 4.98 Å². The maximum atomic E-state index is 4.39. The Morgan fingerprint density at radius 1 is 1.46 bits per heavy atom. The van der Waals surface area contributed by atoms with Gasteiger partial charge < -0.3 is 5.32 Å². The SMILES string of the molecule is CC(C)=CCNc1nc(C)c(C)s1. The summed E-state index contributed by atoms with van der Waals surface area (Å²) in [4.78, 5) is 5.68. The van der Waals surface area contributed by atoms with Crippen molar-refractivity contribution >= 4 is 16.5 Å². The predicted molar refractivity (Wildman–Crippen MR) is 59.5 cm³/mol. The number of aryl methyl sites for hydroxylation is 2. The number of anilines is 1. The molecule has 0 atom stereocenters. The summed E-state index contributed by atoms with van der Waals surface area (Å²) >= 11 is 1.71. The van der Waals surface area contributed by atoms with Crippen LogP contribution in [0, 0.1) is 13.8 Å². The highest BCUT2D eigenvalue weighted by Crippen LogP contribution is 2.20. The van der Waals surface area contributed by atoms with Crippen molar-refractivity contribution < 1.29 is 0 Å². The van der Waals surface area contributed by atoms with Crippen LogP contribution < -0.4 is 5.32 Å². The fourth-order valence-electron chi connectivity index (χ4n) is 0.891. The molecule has 0 saturated heterocycles. The number of hydrogen-bond donors (Lipinski definition) is 1. The first kappa shape index (κ1) is 10.3. The molecule has 0 radical (unpaired) electrons. The summed E-state index contributed by atoms with van der Waals surface area (Å²) in [5.41, 5.74) is 2.46. The van der Waals surface area contributed by atoms with Crippen LogP contribution in [0.25, 0.3) is 0 Å². The summed E-state index contributed by atoms with van der Waals surface area (Å²) in [6.45, 7) is 9.20. The van der Waals surface area contributed by atoms with Crippen LogP contribution in [0.1, 0.15) is 24.4 Å². The van der Waals surface area contributed by atoms with Crippen LogP contribution in [0.3, 0.4) is 0 Å². The number of nitrogens with one attached hydrogen (secondary N) is 1. The standard InChI is InChI=1S/C10H16N2S/c1-7(2)5-6-11-10-12-8(3)9(4)13-10/h5H,6H2,1-4H3,(H,11,12). The van der Waals surface area contributed by atoms with Gasteiger partial charge in [0.15, 0.2) is 5.13 Å². The van der Waals surface area contributed by atoms with E-state index in [9.17, 15) is 0 Å². The Bertz CT molecular complexity index is 289. The lowest BCUT2D eigenvalue weighted by Gasteiger charge is -1.96. The van der Waals surface area contributed by atoms with Crippen molar-refractivity contribution in [1.29, 1.82) is 0 Å². The third-order valence-electron chi connectivity index (χ3n) is 1.79. The Labute approximate surface area is 83.7 Å². The molecule has 0 unspecified atom stereocenters. The first-order valence-electron chi connectivity index (χ1n) is 4.41. The van der Waals surface area contributed by atoms with Gasteiger partial charge in [0.1, 0.15) is 0 Å². The summed E-state index contributed by atoms with van der Waals surface area (Å²) in [5, 5.41) is 4.29. The number of hydrogen-bond acceptors (Lipinski definition) is 3. The highest BCUT2D eigenvalue weighted by molar-refractivity contribution is 7.15. The highest BCUT2D eigenvalue weighted by atomic mass is 32.1. The van der Waals surface area contributed by atoms with E-state index in [2.05, 4.69) is 37.1 Å². The van der Waals surface area contributed by atoms with Crippen LogP contribution in [-0.4, -0.2) is 11.5 Å². The molecule has 0 amide bonds. The van der Waals surface area contributed by atoms with E-state index < -0.39 is 0 Å². The molecular formula is C10H16N2S. The molecule has 1 rings (SSSR count). The van der Waals surface area contributed by atoms with E-state index >= 15 is 0 Å². The fraction of sp³-hybridized carbons (Fsp3) is 0.500. The van der Waals surface area contributed by atoms with Crippen molar-refractivity contribution in [2.24, 2.45) is 0 Å². The van der Waals surface area contributed by atoms with Crippen LogP contribution in [0.4, 0.5) is 5.13 Å². The van der Waals surface area contributed by atoms with Crippen LogP contribution in [0.2, 0.25) is 0 Å². The minimum Gasteiger partial charge on any atom is -0.358 e. The fourth-order valence-corrected chi connectivity index (χ4v) is 1.71. The van der Waals surface area contributed by atoms with E-state index in [0.29, 0.717) is 0 Å². The molecule has 72 valence electrons. The smallest absolute Gasteiger partial charge is 0.183 e. The number of aromatic nitrogens is 1. The van der Waals surface area contributed by atoms with Crippen molar-refractivity contribution in [3.8, 4) is 0 Å². The minimum atomic E-state index is 0.870. The number of rotatable bonds is 3. The van der Waals surface area contributed by atoms with Gasteiger partial charge in [0.05, 0.1) is 5.69 Å². The van der Waals surface area contributed by atoms with Crippen LogP contribution in [-0.2, 0) is 0 Å². The van der Waals surface area contributed by atoms with Crippen LogP contribution in [0.15, 0.2) is 11.6 Å². The van der Waals surface area contributed by atoms with Gasteiger partial charge in [-0.15, -0.1) is 11.3 Å². The van der Waals surface area contributed by atoms with E-state index in [-0.39, 0.29) is 0 Å². The lowest BCUT2D eigenvalue weighted by molar-refractivity contribution is 1.19. The van der Waals surface area contributed by atoms with E-state index in [1.807, 2.05) is 6.92 Å². The van der Waals surface area contributed by atoms with Gasteiger partial charge >= 0.3 is 0 Å². The third-order valence-corrected chi connectivity index (χ3v) is 2.82. The average molecular weight is 196 g/mol. The van der Waals surface area contributed by atoms with Crippen LogP contribution >= 0.6 is 11.3 Å². The van der Waals surface area contributed by atoms with Crippen molar-refractivity contribution in [2.45, 2.75) is 27.7 Å². The van der Waals surface area contributed by atoms with E-state index in [0.717, 1.165) is 17.4 Å². The molecule has 1 N–H and O–H groups in total. The van der Waals surface area contributed by atoms with Gasteiger partial charge in [-0.05, 0) is 27.7 Å². The Balaban J connectivity index is 2.51. The van der Waals surface area contributed by atoms with Crippen molar-refractivity contribution in [1.82, 2.24) is 4.98 Å². The van der Waals surface area contributed by atoms with Crippen molar-refractivity contribution in [2.75, 3.05) is 11.9 Å². The highest BCUT2D eigenvalue weighted by Gasteiger charge is 2.00. The Morgan fingerprint density at radius 2 is 2.15 bits per heavy atom. The molecule has 0 fully saturated rings. The molecule has 13 heavy (non-hydrogen) atoms. The van der Waals surface area contributed by atoms with Gasteiger partial charge in [-0.2, -0.15) is 0 Å². The second-order valence-corrected chi connectivity index (χ2v) is 4.53. The summed E-state index contributed by atoms with van der Waals surface area (Å²) < 4.78 is 0. The van der Waals surface area contributed by atoms with Crippen molar-refractivity contribution in [3.63, 3.8) is 0 Å². The normalized spacial score (nSPS) is 9.85. The molecule has 0 spiro atoms. The van der Waals surface area contributed by atoms with E-state index in [4.69, 9.17) is 0 Å². The monoisotopic (exact) mass is 196 g/mol. The molecule has 0 aromatic carbocycles. The first-order chi connectivity index (χ1) is 6.09. The maximum absolute atomic E-state index is 4.39. The summed E-state index contributed by atoms with van der Waals surface area (Å²) in [7, 11) is 0. The number of thiazole rings is 1. The topological polar surface area (TPSA) is 24.9 Å². The molecule has 1 aromatic heterocycles. The molecule has 0 aliphatic heterocycles. The van der Waals surface area contributed by atoms with E-state index in [1.54, 1.807) is 11.3 Å². The summed E-state index contributed by atoms with van der Waals surface area (Å²) in [6, 6.07) is 0. The number of nitrogens with zero attached hydrogens (tertiary/aromatic N) is 1. The minimum absolute atomic E-state index is 0.870. The molecule has 1 heterocycles. The van der Waals surface area contributed by atoms with Gasteiger partial charge in [-0.3, -0.25) is 0 Å². The predicted octanol–water partition coefficient (Wildman–Crippen LogP) is 3.14. The van der Waals surface area contributed by atoms with Gasteiger partial charge in [0.25, 0.3) is 0 Å². The Kier molecular flexibility index (Phi) is 3.48. The zero-order valence-corrected chi connectivity index (χ0v) is 9.46. The molecule has 3 heteroatoms. The lowest BCUT2D eigenvalue weighted by Crippen LogP contribution is -1.97. The second kappa shape index (κ2) is 4.42.